The van der Waals surface area contributed by atoms with Gasteiger partial charge in [-0.05, 0) is 20.1 Å². The molecule has 0 radical (unpaired) electrons. The fourth-order valence-electron chi connectivity index (χ4n) is 0.863. The smallest absolute Gasteiger partial charge is 0.208 e. The van der Waals surface area contributed by atoms with E-state index in [-0.39, 0.29) is 12.1 Å². The minimum Gasteiger partial charge on any atom is -0.244 e. The molecule has 6 heteroatoms. The first kappa shape index (κ1) is 10.2. The third-order valence-electron chi connectivity index (χ3n) is 1.73. The van der Waals surface area contributed by atoms with Crippen LogP contribution in [-0.2, 0) is 5.54 Å². The minimum atomic E-state index is -0.386. The topological polar surface area (TPSA) is 60.1 Å². The Balaban J connectivity index is 2.86. The summed E-state index contributed by atoms with van der Waals surface area (Å²) < 4.78 is 1.67. The SMILES string of the molecule is CSc1ncn(C(C)(C)CN=O)n1. The van der Waals surface area contributed by atoms with Crippen LogP contribution in [0.5, 0.6) is 0 Å². The highest BCUT2D eigenvalue weighted by Gasteiger charge is 2.22. The van der Waals surface area contributed by atoms with Crippen molar-refractivity contribution < 1.29 is 0 Å². The molecule has 0 saturated carbocycles. The zero-order chi connectivity index (χ0) is 9.90. The molecule has 13 heavy (non-hydrogen) atoms. The summed E-state index contributed by atoms with van der Waals surface area (Å²) in [5.41, 5.74) is -0.386. The van der Waals surface area contributed by atoms with Gasteiger partial charge in [0.05, 0.1) is 5.54 Å². The first-order chi connectivity index (χ1) is 6.10. The number of rotatable bonds is 4. The molecule has 0 unspecified atom stereocenters. The van der Waals surface area contributed by atoms with Gasteiger partial charge in [0, 0.05) is 0 Å². The predicted octanol–water partition coefficient (Wildman–Crippen LogP) is 1.50. The molecule has 5 nitrogen and oxygen atoms in total. The summed E-state index contributed by atoms with van der Waals surface area (Å²) in [5, 5.41) is 7.77. The van der Waals surface area contributed by atoms with Crippen molar-refractivity contribution in [1.29, 1.82) is 0 Å². The van der Waals surface area contributed by atoms with Crippen molar-refractivity contribution in [3.05, 3.63) is 11.2 Å². The Bertz CT molecular complexity index is 296. The summed E-state index contributed by atoms with van der Waals surface area (Å²) in [7, 11) is 0. The fraction of sp³-hybridized carbons (Fsp3) is 0.714. The number of aromatic nitrogens is 3. The second kappa shape index (κ2) is 3.87. The summed E-state index contributed by atoms with van der Waals surface area (Å²) >= 11 is 1.47. The Hall–Kier alpha value is -0.910. The Kier molecular flexibility index (Phi) is 3.02. The quantitative estimate of drug-likeness (QED) is 0.546. The first-order valence-corrected chi connectivity index (χ1v) is 5.08. The lowest BCUT2D eigenvalue weighted by molar-refractivity contribution is 0.325. The van der Waals surface area contributed by atoms with E-state index in [0.717, 1.165) is 0 Å². The highest BCUT2D eigenvalue weighted by Crippen LogP contribution is 2.16. The van der Waals surface area contributed by atoms with E-state index in [0.29, 0.717) is 5.16 Å². The van der Waals surface area contributed by atoms with Crippen molar-refractivity contribution in [3.63, 3.8) is 0 Å². The fourth-order valence-corrected chi connectivity index (χ4v) is 1.19. The van der Waals surface area contributed by atoms with E-state index in [9.17, 15) is 4.91 Å². The number of nitrogens with zero attached hydrogens (tertiary/aromatic N) is 4. The normalized spacial score (nSPS) is 11.6. The van der Waals surface area contributed by atoms with Gasteiger partial charge in [-0.1, -0.05) is 16.9 Å². The van der Waals surface area contributed by atoms with Crippen LogP contribution >= 0.6 is 11.8 Å². The van der Waals surface area contributed by atoms with Crippen LogP contribution in [0.3, 0.4) is 0 Å². The molecule has 0 N–H and O–H groups in total. The number of nitroso groups, excluding NO2 is 1. The highest BCUT2D eigenvalue weighted by atomic mass is 32.2. The van der Waals surface area contributed by atoms with E-state index < -0.39 is 0 Å². The van der Waals surface area contributed by atoms with Gasteiger partial charge in [-0.2, -0.15) is 4.91 Å². The van der Waals surface area contributed by atoms with E-state index in [1.807, 2.05) is 20.1 Å². The lowest BCUT2D eigenvalue weighted by Crippen LogP contribution is -2.30. The summed E-state index contributed by atoms with van der Waals surface area (Å²) in [4.78, 5) is 14.2. The van der Waals surface area contributed by atoms with E-state index in [2.05, 4.69) is 15.3 Å². The van der Waals surface area contributed by atoms with Gasteiger partial charge in [-0.25, -0.2) is 9.67 Å². The van der Waals surface area contributed by atoms with Crippen LogP contribution in [0.1, 0.15) is 13.8 Å². The van der Waals surface area contributed by atoms with Crippen LogP contribution in [0.15, 0.2) is 16.7 Å². The van der Waals surface area contributed by atoms with Crippen molar-refractivity contribution in [2.24, 2.45) is 5.18 Å². The second-order valence-electron chi connectivity index (χ2n) is 3.28. The molecular weight excluding hydrogens is 188 g/mol. The zero-order valence-electron chi connectivity index (χ0n) is 7.89. The van der Waals surface area contributed by atoms with E-state index in [4.69, 9.17) is 0 Å². The average Bonchev–Trinajstić information content (AvgIpc) is 2.52. The van der Waals surface area contributed by atoms with Crippen LogP contribution in [0.4, 0.5) is 0 Å². The molecule has 1 aromatic rings. The Morgan fingerprint density at radius 2 is 2.38 bits per heavy atom. The molecule has 72 valence electrons. The van der Waals surface area contributed by atoms with Gasteiger partial charge in [0.2, 0.25) is 5.16 Å². The molecule has 1 rings (SSSR count). The molecule has 0 bridgehead atoms. The summed E-state index contributed by atoms with van der Waals surface area (Å²) in [6.07, 6.45) is 3.53. The molecule has 1 heterocycles. The molecular formula is C7H12N4OS. The maximum atomic E-state index is 10.2. The van der Waals surface area contributed by atoms with Gasteiger partial charge in [-0.15, -0.1) is 5.10 Å². The van der Waals surface area contributed by atoms with Crippen LogP contribution in [0.2, 0.25) is 0 Å². The van der Waals surface area contributed by atoms with Crippen molar-refractivity contribution in [3.8, 4) is 0 Å². The number of thioether (sulfide) groups is 1. The van der Waals surface area contributed by atoms with Crippen molar-refractivity contribution in [2.45, 2.75) is 24.5 Å². The Morgan fingerprint density at radius 3 is 2.85 bits per heavy atom. The number of hydrogen-bond acceptors (Lipinski definition) is 5. The van der Waals surface area contributed by atoms with Gasteiger partial charge in [-0.3, -0.25) is 0 Å². The molecule has 1 aromatic heterocycles. The Labute approximate surface area is 80.9 Å². The van der Waals surface area contributed by atoms with Crippen LogP contribution in [0, 0.1) is 4.91 Å². The lowest BCUT2D eigenvalue weighted by Gasteiger charge is -2.20. The summed E-state index contributed by atoms with van der Waals surface area (Å²) in [5.74, 6) is 0. The van der Waals surface area contributed by atoms with E-state index in [1.54, 1.807) is 11.0 Å². The monoisotopic (exact) mass is 200 g/mol. The third-order valence-corrected chi connectivity index (χ3v) is 2.28. The van der Waals surface area contributed by atoms with Gasteiger partial charge >= 0.3 is 0 Å². The molecule has 0 amide bonds. The first-order valence-electron chi connectivity index (χ1n) is 3.85. The van der Waals surface area contributed by atoms with Gasteiger partial charge in [0.25, 0.3) is 0 Å². The van der Waals surface area contributed by atoms with Crippen molar-refractivity contribution in [2.75, 3.05) is 12.8 Å². The summed E-state index contributed by atoms with van der Waals surface area (Å²) in [6.45, 7) is 3.99. The van der Waals surface area contributed by atoms with Crippen LogP contribution in [0.25, 0.3) is 0 Å². The maximum Gasteiger partial charge on any atom is 0.208 e. The predicted molar refractivity (Wildman–Crippen MR) is 51.8 cm³/mol. The average molecular weight is 200 g/mol. The Morgan fingerprint density at radius 1 is 1.69 bits per heavy atom. The summed E-state index contributed by atoms with van der Waals surface area (Å²) in [6, 6.07) is 0. The molecule has 0 atom stereocenters. The third kappa shape index (κ3) is 2.27. The molecule has 0 saturated heterocycles. The minimum absolute atomic E-state index is 0.199. The van der Waals surface area contributed by atoms with Crippen molar-refractivity contribution in [1.82, 2.24) is 14.8 Å². The molecule has 0 spiro atoms. The molecule has 0 aliphatic heterocycles. The molecule has 0 aliphatic carbocycles. The van der Waals surface area contributed by atoms with Crippen LogP contribution in [-0.4, -0.2) is 27.6 Å². The van der Waals surface area contributed by atoms with Crippen molar-refractivity contribution >= 4 is 11.8 Å². The van der Waals surface area contributed by atoms with Gasteiger partial charge in [0.1, 0.15) is 12.9 Å². The standard InChI is InChI=1S/C7H12N4OS/c1-7(2,4-9-12)11-5-8-6(10-11)13-3/h5H,4H2,1-3H3. The largest absolute Gasteiger partial charge is 0.244 e. The molecule has 0 aromatic carbocycles. The van der Waals surface area contributed by atoms with Gasteiger partial charge < -0.3 is 0 Å². The lowest BCUT2D eigenvalue weighted by atomic mass is 10.1. The molecule has 0 fully saturated rings. The number of hydrogen-bond donors (Lipinski definition) is 0. The van der Waals surface area contributed by atoms with E-state index in [1.165, 1.54) is 11.8 Å². The maximum absolute atomic E-state index is 10.2. The van der Waals surface area contributed by atoms with Gasteiger partial charge in [0.15, 0.2) is 0 Å². The van der Waals surface area contributed by atoms with Crippen LogP contribution < -0.4 is 0 Å². The highest BCUT2D eigenvalue weighted by molar-refractivity contribution is 7.98. The second-order valence-corrected chi connectivity index (χ2v) is 4.05. The molecule has 0 aliphatic rings. The van der Waals surface area contributed by atoms with E-state index >= 15 is 0 Å². The zero-order valence-corrected chi connectivity index (χ0v) is 8.71.